The second-order valence-corrected chi connectivity index (χ2v) is 7.15. The molecule has 0 aliphatic heterocycles. The minimum absolute atomic E-state index is 0.154. The highest BCUT2D eigenvalue weighted by Crippen LogP contribution is 2.37. The van der Waals surface area contributed by atoms with Crippen LogP contribution in [0.15, 0.2) is 51.0 Å². The van der Waals surface area contributed by atoms with Gasteiger partial charge in [-0.1, -0.05) is 30.3 Å². The molecule has 2 heterocycles. The predicted octanol–water partition coefficient (Wildman–Crippen LogP) is 2.45. The Morgan fingerprint density at radius 2 is 1.90 bits per heavy atom. The Labute approximate surface area is 170 Å². The van der Waals surface area contributed by atoms with Gasteiger partial charge in [-0.3, -0.25) is 13.9 Å². The average Bonchev–Trinajstić information content (AvgIpc) is 3.16. The lowest BCUT2D eigenvalue weighted by molar-refractivity contribution is 0.0528. The molecule has 2 aromatic heterocycles. The van der Waals surface area contributed by atoms with Gasteiger partial charge < -0.3 is 9.84 Å². The van der Waals surface area contributed by atoms with Gasteiger partial charge in [0.25, 0.3) is 5.56 Å². The van der Waals surface area contributed by atoms with Crippen molar-refractivity contribution >= 4 is 28.5 Å². The van der Waals surface area contributed by atoms with Crippen LogP contribution in [0.25, 0.3) is 10.4 Å². The highest BCUT2D eigenvalue weighted by Gasteiger charge is 2.19. The summed E-state index contributed by atoms with van der Waals surface area (Å²) < 4.78 is 6.92. The Morgan fingerprint density at radius 3 is 2.55 bits per heavy atom. The van der Waals surface area contributed by atoms with E-state index >= 15 is 0 Å². The topological polar surface area (TPSA) is 103 Å². The molecule has 1 N–H and O–H groups in total. The fourth-order valence-electron chi connectivity index (χ4n) is 2.67. The molecular formula is C20H19N3O5S. The Balaban J connectivity index is 2.12. The third-order valence-corrected chi connectivity index (χ3v) is 5.34. The largest absolute Gasteiger partial charge is 0.494 e. The highest BCUT2D eigenvalue weighted by atomic mass is 32.1. The first-order chi connectivity index (χ1) is 13.8. The average molecular weight is 413 g/mol. The second kappa shape index (κ2) is 8.27. The lowest BCUT2D eigenvalue weighted by atomic mass is 10.1. The smallest absolute Gasteiger partial charge is 0.341 e. The first kappa shape index (κ1) is 20.3. The molecule has 150 valence electrons. The minimum atomic E-state index is -0.688. The van der Waals surface area contributed by atoms with E-state index in [1.54, 1.807) is 13.0 Å². The van der Waals surface area contributed by atoms with Crippen LogP contribution >= 0.6 is 11.3 Å². The summed E-state index contributed by atoms with van der Waals surface area (Å²) in [6.45, 7) is 1.91. The third-order valence-electron chi connectivity index (χ3n) is 4.24. The fourth-order valence-corrected chi connectivity index (χ4v) is 3.67. The van der Waals surface area contributed by atoms with Crippen molar-refractivity contribution in [3.8, 4) is 16.3 Å². The lowest BCUT2D eigenvalue weighted by Crippen LogP contribution is -2.38. The van der Waals surface area contributed by atoms with Gasteiger partial charge in [0.1, 0.15) is 10.6 Å². The van der Waals surface area contributed by atoms with Crippen LogP contribution in [-0.2, 0) is 18.8 Å². The maximum atomic E-state index is 12.4. The maximum absolute atomic E-state index is 12.4. The maximum Gasteiger partial charge on any atom is 0.341 e. The van der Waals surface area contributed by atoms with E-state index in [-0.39, 0.29) is 17.7 Å². The van der Waals surface area contributed by atoms with Crippen molar-refractivity contribution in [2.75, 3.05) is 6.61 Å². The third kappa shape index (κ3) is 3.90. The van der Waals surface area contributed by atoms with Crippen molar-refractivity contribution in [2.45, 2.75) is 6.92 Å². The van der Waals surface area contributed by atoms with E-state index in [9.17, 15) is 19.5 Å². The first-order valence-electron chi connectivity index (χ1n) is 8.74. The molecule has 0 bridgehead atoms. The summed E-state index contributed by atoms with van der Waals surface area (Å²) in [4.78, 5) is 41.6. The van der Waals surface area contributed by atoms with Crippen molar-refractivity contribution in [3.05, 3.63) is 68.4 Å². The highest BCUT2D eigenvalue weighted by molar-refractivity contribution is 7.19. The van der Waals surface area contributed by atoms with Crippen molar-refractivity contribution in [1.29, 1.82) is 0 Å². The molecule has 29 heavy (non-hydrogen) atoms. The molecule has 0 saturated heterocycles. The summed E-state index contributed by atoms with van der Waals surface area (Å²) in [6, 6.07) is 11.2. The number of esters is 1. The molecule has 0 saturated carbocycles. The monoisotopic (exact) mass is 413 g/mol. The van der Waals surface area contributed by atoms with Gasteiger partial charge in [0.05, 0.1) is 12.2 Å². The van der Waals surface area contributed by atoms with E-state index < -0.39 is 23.1 Å². The molecule has 0 unspecified atom stereocenters. The van der Waals surface area contributed by atoms with E-state index in [1.807, 2.05) is 30.3 Å². The Morgan fingerprint density at radius 1 is 1.21 bits per heavy atom. The molecular weight excluding hydrogens is 394 g/mol. The van der Waals surface area contributed by atoms with Crippen LogP contribution in [0.1, 0.15) is 22.8 Å². The number of aliphatic imine (C=N–C) groups is 1. The summed E-state index contributed by atoms with van der Waals surface area (Å²) in [5.41, 5.74) is -0.330. The van der Waals surface area contributed by atoms with Gasteiger partial charge >= 0.3 is 11.7 Å². The van der Waals surface area contributed by atoms with Gasteiger partial charge in [0.2, 0.25) is 5.88 Å². The van der Waals surface area contributed by atoms with Crippen molar-refractivity contribution in [3.63, 3.8) is 0 Å². The van der Waals surface area contributed by atoms with Crippen LogP contribution in [-0.4, -0.2) is 33.0 Å². The number of hydrogen-bond donors (Lipinski definition) is 1. The Hall–Kier alpha value is -3.46. The van der Waals surface area contributed by atoms with E-state index in [0.717, 1.165) is 25.8 Å². The Kier molecular flexibility index (Phi) is 5.79. The van der Waals surface area contributed by atoms with Crippen LogP contribution in [0.4, 0.5) is 5.00 Å². The molecule has 0 aliphatic rings. The van der Waals surface area contributed by atoms with E-state index in [4.69, 9.17) is 4.74 Å². The molecule has 0 atom stereocenters. The van der Waals surface area contributed by atoms with Crippen LogP contribution in [0.5, 0.6) is 5.88 Å². The normalized spacial score (nSPS) is 11.1. The number of nitrogens with zero attached hydrogens (tertiary/aromatic N) is 3. The zero-order chi connectivity index (χ0) is 21.1. The zero-order valence-corrected chi connectivity index (χ0v) is 16.9. The summed E-state index contributed by atoms with van der Waals surface area (Å²) in [5, 5.41) is 10.5. The molecule has 1 aromatic carbocycles. The molecule has 0 amide bonds. The number of carbonyl (C=O) groups excluding carboxylic acids is 1. The molecule has 9 heteroatoms. The second-order valence-electron chi connectivity index (χ2n) is 6.12. The van der Waals surface area contributed by atoms with Gasteiger partial charge in [0.15, 0.2) is 0 Å². The van der Waals surface area contributed by atoms with Gasteiger partial charge in [0, 0.05) is 25.2 Å². The minimum Gasteiger partial charge on any atom is -0.494 e. The number of carbonyl (C=O) groups is 1. The van der Waals surface area contributed by atoms with E-state index in [1.165, 1.54) is 25.4 Å². The van der Waals surface area contributed by atoms with Crippen molar-refractivity contribution < 1.29 is 14.6 Å². The van der Waals surface area contributed by atoms with Crippen LogP contribution in [0.2, 0.25) is 0 Å². The van der Waals surface area contributed by atoms with Crippen molar-refractivity contribution in [2.24, 2.45) is 19.1 Å². The number of ether oxygens (including phenoxy) is 1. The van der Waals surface area contributed by atoms with Gasteiger partial charge in [-0.25, -0.2) is 14.6 Å². The molecule has 0 aliphatic carbocycles. The molecule has 0 spiro atoms. The molecule has 0 radical (unpaired) electrons. The van der Waals surface area contributed by atoms with Crippen LogP contribution < -0.4 is 11.2 Å². The quantitative estimate of drug-likeness (QED) is 0.511. The number of aromatic hydroxyl groups is 1. The number of thiophene rings is 1. The van der Waals surface area contributed by atoms with Gasteiger partial charge in [-0.2, -0.15) is 0 Å². The Bertz CT molecular complexity index is 1210. The van der Waals surface area contributed by atoms with Gasteiger partial charge in [-0.05, 0) is 18.6 Å². The number of aromatic nitrogens is 2. The van der Waals surface area contributed by atoms with Crippen LogP contribution in [0, 0.1) is 0 Å². The first-order valence-corrected chi connectivity index (χ1v) is 9.56. The fraction of sp³-hybridized carbons (Fsp3) is 0.200. The molecule has 3 rings (SSSR count). The van der Waals surface area contributed by atoms with Crippen molar-refractivity contribution in [1.82, 2.24) is 9.13 Å². The molecule has 0 fully saturated rings. The molecule has 3 aromatic rings. The van der Waals surface area contributed by atoms with E-state index in [0.29, 0.717) is 5.00 Å². The van der Waals surface area contributed by atoms with Crippen LogP contribution in [0.3, 0.4) is 0 Å². The number of rotatable bonds is 5. The molecule has 8 nitrogen and oxygen atoms in total. The summed E-state index contributed by atoms with van der Waals surface area (Å²) in [7, 11) is 2.65. The number of benzene rings is 1. The zero-order valence-electron chi connectivity index (χ0n) is 16.1. The SMILES string of the molecule is CCOC(=O)c1cc(-c2ccccc2)sc1N=Cc1c(O)n(C)c(=O)n(C)c1=O. The summed E-state index contributed by atoms with van der Waals surface area (Å²) in [6.07, 6.45) is 1.15. The lowest BCUT2D eigenvalue weighted by Gasteiger charge is -2.07. The summed E-state index contributed by atoms with van der Waals surface area (Å²) in [5.74, 6) is -1.03. The number of hydrogen-bond acceptors (Lipinski definition) is 7. The van der Waals surface area contributed by atoms with Gasteiger partial charge in [-0.15, -0.1) is 11.3 Å². The standard InChI is InChI=1S/C20H19N3O5S/c1-4-28-19(26)13-10-15(12-8-6-5-7-9-12)29-16(13)21-11-14-17(24)22(2)20(27)23(3)18(14)25/h5-11,24H,4H2,1-3H3. The predicted molar refractivity (Wildman–Crippen MR) is 112 cm³/mol. The van der Waals surface area contributed by atoms with E-state index in [2.05, 4.69) is 4.99 Å². The summed E-state index contributed by atoms with van der Waals surface area (Å²) >= 11 is 1.25.